The molecule has 0 aliphatic rings. The quantitative estimate of drug-likeness (QED) is 0.853. The van der Waals surface area contributed by atoms with Gasteiger partial charge in [0.15, 0.2) is 0 Å². The fraction of sp³-hybridized carbons (Fsp3) is 0.286. The van der Waals surface area contributed by atoms with Gasteiger partial charge in [0.1, 0.15) is 0 Å². The SMILES string of the molecule is CC.Cc1[c-]cc(-n2ccc(CO)cc2=O)nc1.[Y]. The predicted octanol–water partition coefficient (Wildman–Crippen LogP) is 1.86. The van der Waals surface area contributed by atoms with Gasteiger partial charge in [0.05, 0.1) is 6.61 Å². The topological polar surface area (TPSA) is 55.1 Å². The molecule has 5 heteroatoms. The van der Waals surface area contributed by atoms with Crippen molar-refractivity contribution >= 4 is 0 Å². The monoisotopic (exact) mass is 334 g/mol. The van der Waals surface area contributed by atoms with Crippen molar-refractivity contribution in [3.05, 3.63) is 58.1 Å². The van der Waals surface area contributed by atoms with Crippen LogP contribution in [0.25, 0.3) is 5.82 Å². The number of hydrogen-bond acceptors (Lipinski definition) is 3. The number of rotatable bonds is 2. The third-order valence-corrected chi connectivity index (χ3v) is 2.23. The molecular weight excluding hydrogens is 317 g/mol. The molecule has 0 unspecified atom stereocenters. The second kappa shape index (κ2) is 9.13. The third-order valence-electron chi connectivity index (χ3n) is 2.23. The molecule has 99 valence electrons. The van der Waals surface area contributed by atoms with Gasteiger partial charge in [-0.3, -0.25) is 4.79 Å². The third kappa shape index (κ3) is 4.98. The molecular formula is C14H17N2O2Y-. The number of nitrogens with zero attached hydrogens (tertiary/aromatic N) is 2. The zero-order valence-electron chi connectivity index (χ0n) is 11.4. The van der Waals surface area contributed by atoms with Gasteiger partial charge in [-0.2, -0.15) is 6.07 Å². The van der Waals surface area contributed by atoms with Crippen LogP contribution >= 0.6 is 0 Å². The minimum atomic E-state index is -0.212. The molecule has 0 aromatic carbocycles. The van der Waals surface area contributed by atoms with Crippen LogP contribution in [0.4, 0.5) is 0 Å². The number of aryl methyl sites for hydroxylation is 1. The summed E-state index contributed by atoms with van der Waals surface area (Å²) in [5.41, 5.74) is 1.30. The summed E-state index contributed by atoms with van der Waals surface area (Å²) < 4.78 is 1.41. The molecule has 19 heavy (non-hydrogen) atoms. The summed E-state index contributed by atoms with van der Waals surface area (Å²) in [6.07, 6.45) is 3.25. The molecule has 2 rings (SSSR count). The van der Waals surface area contributed by atoms with E-state index in [2.05, 4.69) is 11.1 Å². The first-order valence-corrected chi connectivity index (χ1v) is 5.88. The van der Waals surface area contributed by atoms with Crippen LogP contribution in [0.3, 0.4) is 0 Å². The molecule has 0 atom stereocenters. The Kier molecular flexibility index (Phi) is 8.73. The van der Waals surface area contributed by atoms with Gasteiger partial charge in [0.25, 0.3) is 0 Å². The van der Waals surface area contributed by atoms with Crippen molar-refractivity contribution in [1.29, 1.82) is 0 Å². The summed E-state index contributed by atoms with van der Waals surface area (Å²) in [5.74, 6) is 0.528. The van der Waals surface area contributed by atoms with E-state index < -0.39 is 0 Å². The average Bonchev–Trinajstić information content (AvgIpc) is 2.42. The molecule has 4 nitrogen and oxygen atoms in total. The number of aliphatic hydroxyl groups is 1. The maximum Gasteiger partial charge on any atom is 0.245 e. The normalized spacial score (nSPS) is 9.05. The fourth-order valence-electron chi connectivity index (χ4n) is 1.36. The Labute approximate surface area is 138 Å². The Bertz CT molecular complexity index is 550. The van der Waals surface area contributed by atoms with Gasteiger partial charge >= 0.3 is 0 Å². The summed E-state index contributed by atoms with van der Waals surface area (Å²) in [7, 11) is 0. The minimum absolute atomic E-state index is 0. The molecule has 1 N–H and O–H groups in total. The van der Waals surface area contributed by atoms with Crippen molar-refractivity contribution in [3.63, 3.8) is 0 Å². The van der Waals surface area contributed by atoms with Gasteiger partial charge in [-0.25, -0.2) is 0 Å². The van der Waals surface area contributed by atoms with Gasteiger partial charge in [-0.1, -0.05) is 27.0 Å². The van der Waals surface area contributed by atoms with Crippen LogP contribution in [-0.2, 0) is 39.3 Å². The van der Waals surface area contributed by atoms with Gasteiger partial charge in [-0.15, -0.1) is 11.6 Å². The molecule has 2 aromatic rings. The molecule has 0 amide bonds. The summed E-state index contributed by atoms with van der Waals surface area (Å²) in [4.78, 5) is 15.8. The van der Waals surface area contributed by atoms with Crippen molar-refractivity contribution in [1.82, 2.24) is 9.55 Å². The van der Waals surface area contributed by atoms with Crippen LogP contribution < -0.4 is 5.56 Å². The van der Waals surface area contributed by atoms with Gasteiger partial charge in [-0.05, 0) is 11.6 Å². The molecule has 0 saturated carbocycles. The predicted molar refractivity (Wildman–Crippen MR) is 70.7 cm³/mol. The van der Waals surface area contributed by atoms with Crippen LogP contribution in [-0.4, -0.2) is 14.7 Å². The van der Waals surface area contributed by atoms with Crippen molar-refractivity contribution in [2.24, 2.45) is 0 Å². The van der Waals surface area contributed by atoms with Crippen LogP contribution in [0.2, 0.25) is 0 Å². The summed E-state index contributed by atoms with van der Waals surface area (Å²) in [6.45, 7) is 5.75. The Morgan fingerprint density at radius 3 is 2.58 bits per heavy atom. The van der Waals surface area contributed by atoms with E-state index >= 15 is 0 Å². The first kappa shape index (κ1) is 18.2. The van der Waals surface area contributed by atoms with Crippen LogP contribution in [0.1, 0.15) is 25.0 Å². The smallest absolute Gasteiger partial charge is 0.245 e. The van der Waals surface area contributed by atoms with Crippen LogP contribution in [0, 0.1) is 13.0 Å². The second-order valence-corrected chi connectivity index (χ2v) is 3.49. The van der Waals surface area contributed by atoms with Gasteiger partial charge < -0.3 is 14.7 Å². The number of pyridine rings is 2. The first-order valence-electron chi connectivity index (χ1n) is 5.88. The molecule has 0 bridgehead atoms. The standard InChI is InChI=1S/C12H11N2O2.C2H6.Y/c1-9-2-3-11(13-7-9)14-5-4-10(8-15)6-12(14)16;1-2;/h3-7,15H,8H2,1H3;1-2H3;/q-1;;. The zero-order chi connectivity index (χ0) is 13.5. The van der Waals surface area contributed by atoms with E-state index in [4.69, 9.17) is 5.11 Å². The van der Waals surface area contributed by atoms with Crippen LogP contribution in [0.15, 0.2) is 35.4 Å². The minimum Gasteiger partial charge on any atom is -0.392 e. The molecule has 2 heterocycles. The summed E-state index contributed by atoms with van der Waals surface area (Å²) in [5, 5.41) is 8.89. The largest absolute Gasteiger partial charge is 0.392 e. The Hall–Kier alpha value is -0.836. The molecule has 0 fully saturated rings. The van der Waals surface area contributed by atoms with Gasteiger partial charge in [0, 0.05) is 50.8 Å². The summed E-state index contributed by atoms with van der Waals surface area (Å²) in [6, 6.07) is 7.72. The van der Waals surface area contributed by atoms with E-state index in [-0.39, 0.29) is 44.9 Å². The Balaban J connectivity index is 0.00000103. The first-order chi connectivity index (χ1) is 8.70. The molecule has 2 aromatic heterocycles. The maximum absolute atomic E-state index is 11.7. The Morgan fingerprint density at radius 2 is 2.11 bits per heavy atom. The van der Waals surface area contributed by atoms with Crippen molar-refractivity contribution in [3.8, 4) is 5.82 Å². The molecule has 0 aliphatic heterocycles. The van der Waals surface area contributed by atoms with E-state index in [1.807, 2.05) is 20.8 Å². The molecule has 0 saturated heterocycles. The average molecular weight is 334 g/mol. The number of aromatic nitrogens is 2. The van der Waals surface area contributed by atoms with Crippen molar-refractivity contribution in [2.45, 2.75) is 27.4 Å². The van der Waals surface area contributed by atoms with E-state index in [1.165, 1.54) is 10.6 Å². The zero-order valence-corrected chi connectivity index (χ0v) is 14.3. The molecule has 1 radical (unpaired) electrons. The van der Waals surface area contributed by atoms with Crippen molar-refractivity contribution < 1.29 is 37.8 Å². The number of hydrogen-bond donors (Lipinski definition) is 1. The number of aliphatic hydroxyl groups excluding tert-OH is 1. The van der Waals surface area contributed by atoms with E-state index in [1.54, 1.807) is 24.5 Å². The molecule has 0 spiro atoms. The van der Waals surface area contributed by atoms with Gasteiger partial charge in [0.2, 0.25) is 5.56 Å². The fourth-order valence-corrected chi connectivity index (χ4v) is 1.36. The Morgan fingerprint density at radius 1 is 1.42 bits per heavy atom. The van der Waals surface area contributed by atoms with E-state index in [0.29, 0.717) is 11.4 Å². The molecule has 0 aliphatic carbocycles. The van der Waals surface area contributed by atoms with Crippen LogP contribution in [0.5, 0.6) is 0 Å². The summed E-state index contributed by atoms with van der Waals surface area (Å²) >= 11 is 0. The van der Waals surface area contributed by atoms with E-state index in [9.17, 15) is 4.79 Å². The van der Waals surface area contributed by atoms with Crippen molar-refractivity contribution in [2.75, 3.05) is 0 Å². The maximum atomic E-state index is 11.7. The van der Waals surface area contributed by atoms with E-state index in [0.717, 1.165) is 5.56 Å². The second-order valence-electron chi connectivity index (χ2n) is 3.49.